The minimum atomic E-state index is 0.432. The fourth-order valence-electron chi connectivity index (χ4n) is 1.76. The van der Waals surface area contributed by atoms with Crippen LogP contribution in [0.4, 0.5) is 0 Å². The minimum absolute atomic E-state index is 0.432. The highest BCUT2D eigenvalue weighted by molar-refractivity contribution is 6.32. The molecule has 1 heterocycles. The highest BCUT2D eigenvalue weighted by Crippen LogP contribution is 2.36. The third-order valence-electron chi connectivity index (χ3n) is 2.83. The van der Waals surface area contributed by atoms with Gasteiger partial charge < -0.3 is 4.74 Å². The largest absolute Gasteiger partial charge is 0.496 e. The molecule has 0 N–H and O–H groups in total. The molecule has 1 aromatic heterocycles. The lowest BCUT2D eigenvalue weighted by Gasteiger charge is -2.13. The third-order valence-corrected chi connectivity index (χ3v) is 3.14. The van der Waals surface area contributed by atoms with Crippen LogP contribution in [0.25, 0.3) is 11.1 Å². The topological polar surface area (TPSA) is 35.0 Å². The fraction of sp³-hybridized carbons (Fsp3) is 0.231. The van der Waals surface area contributed by atoms with Gasteiger partial charge in [-0.05, 0) is 25.0 Å². The molecule has 0 fully saturated rings. The maximum Gasteiger partial charge on any atom is 0.140 e. The molecule has 0 unspecified atom stereocenters. The lowest BCUT2D eigenvalue weighted by atomic mass is 10.0. The van der Waals surface area contributed by atoms with Gasteiger partial charge in [-0.1, -0.05) is 23.7 Å². The summed E-state index contributed by atoms with van der Waals surface area (Å²) in [6, 6.07) is 4.02. The van der Waals surface area contributed by atoms with Gasteiger partial charge in [0.25, 0.3) is 0 Å². The van der Waals surface area contributed by atoms with E-state index < -0.39 is 0 Å². The van der Waals surface area contributed by atoms with Crippen LogP contribution in [-0.2, 0) is 0 Å². The summed E-state index contributed by atoms with van der Waals surface area (Å²) in [6.45, 7) is 4.07. The number of halogens is 1. The molecule has 1 aromatic carbocycles. The summed E-state index contributed by atoms with van der Waals surface area (Å²) in [5, 5.41) is 0.432. The SMILES string of the molecule is COc1c(-c2cncnc2Cl)ccc(C)c1C. The van der Waals surface area contributed by atoms with Gasteiger partial charge in [-0.2, -0.15) is 0 Å². The zero-order chi connectivity index (χ0) is 12.4. The van der Waals surface area contributed by atoms with Crippen LogP contribution < -0.4 is 4.74 Å². The van der Waals surface area contributed by atoms with E-state index in [1.165, 1.54) is 11.9 Å². The average molecular weight is 249 g/mol. The van der Waals surface area contributed by atoms with Crippen molar-refractivity contribution in [1.29, 1.82) is 0 Å². The standard InChI is InChI=1S/C13H13ClN2O/c1-8-4-5-10(12(17-3)9(8)2)11-6-15-7-16-13(11)14/h4-7H,1-3H3. The van der Waals surface area contributed by atoms with E-state index in [0.717, 1.165) is 22.4 Å². The van der Waals surface area contributed by atoms with E-state index in [-0.39, 0.29) is 0 Å². The molecule has 0 radical (unpaired) electrons. The van der Waals surface area contributed by atoms with Crippen molar-refractivity contribution >= 4 is 11.6 Å². The zero-order valence-electron chi connectivity index (χ0n) is 9.99. The van der Waals surface area contributed by atoms with E-state index in [0.29, 0.717) is 5.15 Å². The monoisotopic (exact) mass is 248 g/mol. The predicted molar refractivity (Wildman–Crippen MR) is 68.5 cm³/mol. The number of aryl methyl sites for hydroxylation is 1. The summed E-state index contributed by atoms with van der Waals surface area (Å²) in [5.41, 5.74) is 3.99. The van der Waals surface area contributed by atoms with Crippen LogP contribution in [0.3, 0.4) is 0 Å². The molecule has 0 atom stereocenters. The van der Waals surface area contributed by atoms with E-state index in [1.54, 1.807) is 13.3 Å². The molecule has 17 heavy (non-hydrogen) atoms. The van der Waals surface area contributed by atoms with Crippen molar-refractivity contribution in [3.05, 3.63) is 40.9 Å². The second-order valence-electron chi connectivity index (χ2n) is 3.82. The smallest absolute Gasteiger partial charge is 0.140 e. The predicted octanol–water partition coefficient (Wildman–Crippen LogP) is 3.42. The Morgan fingerprint density at radius 1 is 1.18 bits per heavy atom. The molecule has 0 spiro atoms. The summed E-state index contributed by atoms with van der Waals surface area (Å²) in [4.78, 5) is 7.98. The first-order chi connectivity index (χ1) is 8.15. The Hall–Kier alpha value is -1.61. The maximum absolute atomic E-state index is 6.07. The highest BCUT2D eigenvalue weighted by atomic mass is 35.5. The van der Waals surface area contributed by atoms with Gasteiger partial charge >= 0.3 is 0 Å². The van der Waals surface area contributed by atoms with Crippen LogP contribution in [0.15, 0.2) is 24.7 Å². The molecule has 0 aliphatic carbocycles. The molecule has 3 nitrogen and oxygen atoms in total. The molecule has 0 amide bonds. The van der Waals surface area contributed by atoms with E-state index in [9.17, 15) is 0 Å². The van der Waals surface area contributed by atoms with Crippen LogP contribution in [0.1, 0.15) is 11.1 Å². The molecule has 2 rings (SSSR count). The van der Waals surface area contributed by atoms with Gasteiger partial charge in [0.15, 0.2) is 0 Å². The number of ether oxygens (including phenoxy) is 1. The Balaban J connectivity index is 2.68. The van der Waals surface area contributed by atoms with Crippen LogP contribution in [0, 0.1) is 13.8 Å². The molecular formula is C13H13ClN2O. The van der Waals surface area contributed by atoms with Crippen LogP contribution in [-0.4, -0.2) is 17.1 Å². The Morgan fingerprint density at radius 2 is 1.94 bits per heavy atom. The van der Waals surface area contributed by atoms with Crippen molar-refractivity contribution in [3.8, 4) is 16.9 Å². The Morgan fingerprint density at radius 3 is 2.59 bits per heavy atom. The summed E-state index contributed by atoms with van der Waals surface area (Å²) in [7, 11) is 1.66. The molecular weight excluding hydrogens is 236 g/mol. The van der Waals surface area contributed by atoms with Crippen molar-refractivity contribution < 1.29 is 4.74 Å². The van der Waals surface area contributed by atoms with E-state index >= 15 is 0 Å². The Labute approximate surface area is 105 Å². The van der Waals surface area contributed by atoms with Gasteiger partial charge in [-0.15, -0.1) is 0 Å². The van der Waals surface area contributed by atoms with Crippen LogP contribution in [0.2, 0.25) is 5.15 Å². The number of rotatable bonds is 2. The highest BCUT2D eigenvalue weighted by Gasteiger charge is 2.13. The lowest BCUT2D eigenvalue weighted by Crippen LogP contribution is -1.95. The van der Waals surface area contributed by atoms with Crippen molar-refractivity contribution in [3.63, 3.8) is 0 Å². The minimum Gasteiger partial charge on any atom is -0.496 e. The first kappa shape index (κ1) is 11.9. The molecule has 0 bridgehead atoms. The maximum atomic E-state index is 6.07. The molecule has 4 heteroatoms. The number of aromatic nitrogens is 2. The first-order valence-electron chi connectivity index (χ1n) is 5.25. The van der Waals surface area contributed by atoms with Gasteiger partial charge in [-0.25, -0.2) is 9.97 Å². The lowest BCUT2D eigenvalue weighted by molar-refractivity contribution is 0.413. The molecule has 88 valence electrons. The van der Waals surface area contributed by atoms with Crippen LogP contribution in [0.5, 0.6) is 5.75 Å². The zero-order valence-corrected chi connectivity index (χ0v) is 10.7. The van der Waals surface area contributed by atoms with E-state index in [2.05, 4.69) is 9.97 Å². The first-order valence-corrected chi connectivity index (χ1v) is 5.63. The van der Waals surface area contributed by atoms with Gasteiger partial charge in [0.05, 0.1) is 7.11 Å². The second-order valence-corrected chi connectivity index (χ2v) is 4.17. The van der Waals surface area contributed by atoms with Crippen molar-refractivity contribution in [1.82, 2.24) is 9.97 Å². The molecule has 0 saturated carbocycles. The Bertz CT molecular complexity index is 555. The molecule has 0 aliphatic heterocycles. The molecule has 2 aromatic rings. The summed E-state index contributed by atoms with van der Waals surface area (Å²) in [6.07, 6.45) is 3.13. The summed E-state index contributed by atoms with van der Waals surface area (Å²) in [5.74, 6) is 0.821. The Kier molecular flexibility index (Phi) is 3.29. The number of methoxy groups -OCH3 is 1. The second kappa shape index (κ2) is 4.72. The van der Waals surface area contributed by atoms with Crippen LogP contribution >= 0.6 is 11.6 Å². The van der Waals surface area contributed by atoms with E-state index in [1.807, 2.05) is 26.0 Å². The van der Waals surface area contributed by atoms with Gasteiger partial charge in [0.2, 0.25) is 0 Å². The normalized spacial score (nSPS) is 10.4. The third kappa shape index (κ3) is 2.11. The fourth-order valence-corrected chi connectivity index (χ4v) is 1.95. The summed E-state index contributed by atoms with van der Waals surface area (Å²) < 4.78 is 5.45. The van der Waals surface area contributed by atoms with Gasteiger partial charge in [0, 0.05) is 17.3 Å². The van der Waals surface area contributed by atoms with Crippen molar-refractivity contribution in [2.45, 2.75) is 13.8 Å². The van der Waals surface area contributed by atoms with Crippen molar-refractivity contribution in [2.24, 2.45) is 0 Å². The number of benzene rings is 1. The van der Waals surface area contributed by atoms with E-state index in [4.69, 9.17) is 16.3 Å². The number of hydrogen-bond donors (Lipinski definition) is 0. The summed E-state index contributed by atoms with van der Waals surface area (Å²) >= 11 is 6.07. The number of hydrogen-bond acceptors (Lipinski definition) is 3. The molecule has 0 saturated heterocycles. The van der Waals surface area contributed by atoms with Gasteiger partial charge in [-0.3, -0.25) is 0 Å². The molecule has 0 aliphatic rings. The van der Waals surface area contributed by atoms with Gasteiger partial charge in [0.1, 0.15) is 17.2 Å². The van der Waals surface area contributed by atoms with Crippen molar-refractivity contribution in [2.75, 3.05) is 7.11 Å². The number of nitrogens with zero attached hydrogens (tertiary/aromatic N) is 2. The quantitative estimate of drug-likeness (QED) is 0.764. The average Bonchev–Trinajstić information content (AvgIpc) is 2.33.